The molecule has 13 heavy (non-hydrogen) atoms. The molecule has 0 radical (unpaired) electrons. The van der Waals surface area contributed by atoms with E-state index in [0.29, 0.717) is 0 Å². The number of hydrogen-bond donors (Lipinski definition) is 2. The van der Waals surface area contributed by atoms with Crippen LogP contribution in [-0.2, 0) is 29.3 Å². The standard InChI is InChI=1S/2C3H7NO2.Zn/c2*1-4(2)3-6-5;/h2*3H,1-2H3;/p+2. The first kappa shape index (κ1) is 18.3. The largest absolute Gasteiger partial charge is 0.357 e. The van der Waals surface area contributed by atoms with Gasteiger partial charge < -0.3 is 0 Å². The molecule has 0 bridgehead atoms. The van der Waals surface area contributed by atoms with Gasteiger partial charge in [-0.3, -0.25) is 9.78 Å². The van der Waals surface area contributed by atoms with E-state index >= 15 is 0 Å². The predicted octanol–water partition coefficient (Wildman–Crippen LogP) is -0.450. The van der Waals surface area contributed by atoms with E-state index in [0.717, 1.165) is 0 Å². The second kappa shape index (κ2) is 14.0. The summed E-state index contributed by atoms with van der Waals surface area (Å²) in [5, 5.41) is 15.3. The number of rotatable bonds is 2. The van der Waals surface area contributed by atoms with Crippen LogP contribution in [0.1, 0.15) is 0 Å². The van der Waals surface area contributed by atoms with Crippen LogP contribution in [0.3, 0.4) is 0 Å². The number of hydrogen-bond acceptors (Lipinski definition) is 4. The molecule has 0 unspecified atom stereocenters. The Bertz CT molecular complexity index is 135. The molecule has 0 amide bonds. The summed E-state index contributed by atoms with van der Waals surface area (Å²) in [6.45, 7) is 0. The Balaban J connectivity index is -0.000000143. The third-order valence-electron chi connectivity index (χ3n) is 0.516. The van der Waals surface area contributed by atoms with E-state index in [-0.39, 0.29) is 19.5 Å². The fourth-order valence-corrected chi connectivity index (χ4v) is 0.189. The van der Waals surface area contributed by atoms with Crippen molar-refractivity contribution in [3.63, 3.8) is 0 Å². The minimum atomic E-state index is 0. The van der Waals surface area contributed by atoms with Crippen molar-refractivity contribution in [2.45, 2.75) is 0 Å². The Morgan fingerprint density at radius 2 is 1.08 bits per heavy atom. The van der Waals surface area contributed by atoms with Crippen LogP contribution in [0.4, 0.5) is 0 Å². The first-order valence-corrected chi connectivity index (χ1v) is 3.14. The summed E-state index contributed by atoms with van der Waals surface area (Å²) in [7, 11) is 6.98. The van der Waals surface area contributed by atoms with Gasteiger partial charge in [-0.15, -0.1) is 0 Å². The number of nitrogens with zero attached hydrogens (tertiary/aromatic N) is 2. The van der Waals surface area contributed by atoms with Crippen molar-refractivity contribution in [1.29, 1.82) is 0 Å². The van der Waals surface area contributed by atoms with Crippen LogP contribution >= 0.6 is 0 Å². The van der Waals surface area contributed by atoms with E-state index in [1.165, 1.54) is 12.8 Å². The summed E-state index contributed by atoms with van der Waals surface area (Å²) in [6.07, 6.45) is 2.36. The maximum absolute atomic E-state index is 7.64. The summed E-state index contributed by atoms with van der Waals surface area (Å²) >= 11 is 0. The minimum Gasteiger partial charge on any atom is -0.281 e. The summed E-state index contributed by atoms with van der Waals surface area (Å²) in [5.41, 5.74) is 0. The van der Waals surface area contributed by atoms with Gasteiger partial charge in [0.15, 0.2) is 0 Å². The molecule has 0 aromatic carbocycles. The van der Waals surface area contributed by atoms with Crippen molar-refractivity contribution in [3.05, 3.63) is 0 Å². The molecule has 0 aliphatic rings. The van der Waals surface area contributed by atoms with Crippen LogP contribution in [0.15, 0.2) is 0 Å². The molecule has 0 rings (SSSR count). The molecule has 0 fully saturated rings. The zero-order valence-corrected chi connectivity index (χ0v) is 11.4. The zero-order valence-electron chi connectivity index (χ0n) is 8.47. The zero-order chi connectivity index (χ0) is 9.98. The van der Waals surface area contributed by atoms with Crippen LogP contribution in [0.2, 0.25) is 0 Å². The van der Waals surface area contributed by atoms with Crippen LogP contribution in [0, 0.1) is 0 Å². The van der Waals surface area contributed by atoms with Gasteiger partial charge in [-0.25, -0.2) is 9.15 Å². The third-order valence-corrected chi connectivity index (χ3v) is 0.516. The molecule has 7 heteroatoms. The summed E-state index contributed by atoms with van der Waals surface area (Å²) in [5.74, 6) is 0. The molecule has 74 valence electrons. The third kappa shape index (κ3) is 34.3. The van der Waals surface area contributed by atoms with E-state index in [1.807, 2.05) is 0 Å². The maximum atomic E-state index is 7.64. The average molecular weight is 246 g/mol. The molecule has 0 spiro atoms. The molecule has 0 aromatic heterocycles. The van der Waals surface area contributed by atoms with Gasteiger partial charge in [-0.2, -0.15) is 10.5 Å². The van der Waals surface area contributed by atoms with Crippen molar-refractivity contribution in [1.82, 2.24) is 0 Å². The molecule has 0 aliphatic carbocycles. The molecule has 6 nitrogen and oxygen atoms in total. The van der Waals surface area contributed by atoms with Gasteiger partial charge in [0.25, 0.3) is 0 Å². The van der Waals surface area contributed by atoms with Gasteiger partial charge in [-0.1, -0.05) is 0 Å². The van der Waals surface area contributed by atoms with Crippen LogP contribution in [0.5, 0.6) is 0 Å². The van der Waals surface area contributed by atoms with Crippen molar-refractivity contribution in [3.8, 4) is 0 Å². The van der Waals surface area contributed by atoms with E-state index in [2.05, 4.69) is 9.78 Å². The first-order chi connectivity index (χ1) is 5.54. The Morgan fingerprint density at radius 3 is 1.08 bits per heavy atom. The second-order valence-corrected chi connectivity index (χ2v) is 2.35. The second-order valence-electron chi connectivity index (χ2n) is 2.35. The SMILES string of the molecule is C[N+](C)=COO.C[N+](C)=COO.[Zn]. The van der Waals surface area contributed by atoms with Gasteiger partial charge in [0.2, 0.25) is 0 Å². The van der Waals surface area contributed by atoms with Gasteiger partial charge in [-0.05, 0) is 0 Å². The predicted molar refractivity (Wildman–Crippen MR) is 43.8 cm³/mol. The Labute approximate surface area is 90.3 Å². The van der Waals surface area contributed by atoms with Crippen molar-refractivity contribution >= 4 is 12.8 Å². The molecule has 0 saturated heterocycles. The topological polar surface area (TPSA) is 64.9 Å². The van der Waals surface area contributed by atoms with Crippen molar-refractivity contribution < 1.29 is 48.9 Å². The van der Waals surface area contributed by atoms with Crippen LogP contribution in [-0.4, -0.2) is 60.7 Å². The van der Waals surface area contributed by atoms with Crippen LogP contribution < -0.4 is 0 Å². The quantitative estimate of drug-likeness (QED) is 0.173. The van der Waals surface area contributed by atoms with Crippen molar-refractivity contribution in [2.75, 3.05) is 28.2 Å². The fourth-order valence-electron chi connectivity index (χ4n) is 0.189. The molecule has 0 saturated carbocycles. The van der Waals surface area contributed by atoms with E-state index in [1.54, 1.807) is 37.3 Å². The van der Waals surface area contributed by atoms with E-state index in [4.69, 9.17) is 10.5 Å². The smallest absolute Gasteiger partial charge is 0.281 e. The molecule has 2 N–H and O–H groups in total. The van der Waals surface area contributed by atoms with E-state index < -0.39 is 0 Å². The maximum Gasteiger partial charge on any atom is 0.357 e. The Hall–Kier alpha value is -0.517. The Morgan fingerprint density at radius 1 is 0.846 bits per heavy atom. The summed E-state index contributed by atoms with van der Waals surface area (Å²) in [6, 6.07) is 0. The molecular formula is C6H16N2O4Zn+2. The molecule has 0 aliphatic heterocycles. The fraction of sp³-hybridized carbons (Fsp3) is 0.667. The monoisotopic (exact) mass is 244 g/mol. The minimum absolute atomic E-state index is 0. The molecule has 0 atom stereocenters. The van der Waals surface area contributed by atoms with Gasteiger partial charge in [0.1, 0.15) is 28.2 Å². The molecule has 0 aromatic rings. The normalized spacial score (nSPS) is 6.62. The van der Waals surface area contributed by atoms with Gasteiger partial charge in [0.05, 0.1) is 0 Å². The Kier molecular flexibility index (Phi) is 19.8. The summed E-state index contributed by atoms with van der Waals surface area (Å²) in [4.78, 5) is 7.21. The van der Waals surface area contributed by atoms with Gasteiger partial charge >= 0.3 is 12.8 Å². The summed E-state index contributed by atoms with van der Waals surface area (Å²) < 4.78 is 3.17. The van der Waals surface area contributed by atoms with E-state index in [9.17, 15) is 0 Å². The average Bonchev–Trinajstić information content (AvgIpc) is 1.87. The first-order valence-electron chi connectivity index (χ1n) is 3.14. The van der Waals surface area contributed by atoms with Crippen LogP contribution in [0.25, 0.3) is 0 Å². The van der Waals surface area contributed by atoms with Crippen molar-refractivity contribution in [2.24, 2.45) is 0 Å². The van der Waals surface area contributed by atoms with Gasteiger partial charge in [0, 0.05) is 19.5 Å². The molecular weight excluding hydrogens is 229 g/mol. The molecule has 0 heterocycles.